The molecule has 2 aromatic heterocycles. The SMILES string of the molecule is CCC(C)C(NC(=O)Cc1ccccc1)C(=O)NC(C)C(=O)N1c2ncccc2C[C@H]1C(=O)NCc1nn[nH]n1. The molecule has 3 aromatic rings. The number of H-pyrrole nitrogens is 1. The Balaban J connectivity index is 1.45. The Kier molecular flexibility index (Phi) is 9.15. The molecule has 13 heteroatoms. The minimum atomic E-state index is -0.995. The highest BCUT2D eigenvalue weighted by Gasteiger charge is 2.41. The number of benzene rings is 1. The van der Waals surface area contributed by atoms with Crippen LogP contribution in [0.15, 0.2) is 48.7 Å². The van der Waals surface area contributed by atoms with Crippen molar-refractivity contribution < 1.29 is 19.2 Å². The molecule has 4 N–H and O–H groups in total. The van der Waals surface area contributed by atoms with E-state index in [1.165, 1.54) is 4.90 Å². The minimum Gasteiger partial charge on any atom is -0.347 e. The predicted octanol–water partition coefficient (Wildman–Crippen LogP) is 0.447. The molecule has 0 saturated carbocycles. The second-order valence-corrected chi connectivity index (χ2v) is 9.78. The van der Waals surface area contributed by atoms with Gasteiger partial charge in [-0.1, -0.05) is 61.9 Å². The molecule has 1 aliphatic rings. The third-order valence-corrected chi connectivity index (χ3v) is 6.92. The Labute approximate surface area is 231 Å². The average Bonchev–Trinajstić information content (AvgIpc) is 3.62. The van der Waals surface area contributed by atoms with Crippen molar-refractivity contribution in [2.24, 2.45) is 5.92 Å². The Morgan fingerprint density at radius 2 is 1.85 bits per heavy atom. The van der Waals surface area contributed by atoms with Gasteiger partial charge in [0.1, 0.15) is 23.9 Å². The van der Waals surface area contributed by atoms with Crippen molar-refractivity contribution >= 4 is 29.4 Å². The smallest absolute Gasteiger partial charge is 0.251 e. The summed E-state index contributed by atoms with van der Waals surface area (Å²) in [6.07, 6.45) is 2.58. The largest absolute Gasteiger partial charge is 0.347 e. The highest BCUT2D eigenvalue weighted by molar-refractivity contribution is 6.06. The summed E-state index contributed by atoms with van der Waals surface area (Å²) in [5.41, 5.74) is 1.57. The van der Waals surface area contributed by atoms with Crippen LogP contribution in [0.3, 0.4) is 0 Å². The van der Waals surface area contributed by atoms with E-state index in [1.54, 1.807) is 25.3 Å². The highest BCUT2D eigenvalue weighted by Crippen LogP contribution is 2.30. The van der Waals surface area contributed by atoms with Gasteiger partial charge in [-0.05, 0) is 30.0 Å². The molecule has 0 spiro atoms. The van der Waals surface area contributed by atoms with E-state index in [0.717, 1.165) is 11.1 Å². The number of aromatic amines is 1. The summed E-state index contributed by atoms with van der Waals surface area (Å²) in [7, 11) is 0. The van der Waals surface area contributed by atoms with Gasteiger partial charge in [0.2, 0.25) is 17.7 Å². The summed E-state index contributed by atoms with van der Waals surface area (Å²) in [4.78, 5) is 58.5. The first kappa shape index (κ1) is 28.3. The molecule has 3 heterocycles. The molecule has 0 aliphatic carbocycles. The second-order valence-electron chi connectivity index (χ2n) is 9.78. The van der Waals surface area contributed by atoms with Crippen LogP contribution in [0, 0.1) is 5.92 Å². The fourth-order valence-corrected chi connectivity index (χ4v) is 4.54. The zero-order chi connectivity index (χ0) is 28.6. The summed E-state index contributed by atoms with van der Waals surface area (Å²) >= 11 is 0. The standard InChI is InChI=1S/C27H33N9O4/c1-4-16(2)23(31-22(37)13-18-9-6-5-7-10-18)26(39)30-17(3)27(40)36-20(14-19-11-8-12-28-24(19)36)25(38)29-15-21-32-34-35-33-21/h5-12,16-17,20,23H,4,13-15H2,1-3H3,(H,29,38)(H,30,39)(H,31,37)(H,32,33,34,35)/t16?,17?,20-,23?/m0/s1. The molecule has 0 radical (unpaired) electrons. The lowest BCUT2D eigenvalue weighted by Crippen LogP contribution is -2.57. The summed E-state index contributed by atoms with van der Waals surface area (Å²) in [5.74, 6) is -1.20. The van der Waals surface area contributed by atoms with Crippen molar-refractivity contribution in [3.05, 3.63) is 65.6 Å². The van der Waals surface area contributed by atoms with Gasteiger partial charge in [0.25, 0.3) is 5.91 Å². The van der Waals surface area contributed by atoms with Gasteiger partial charge >= 0.3 is 0 Å². The Morgan fingerprint density at radius 1 is 1.07 bits per heavy atom. The van der Waals surface area contributed by atoms with E-state index in [1.807, 2.05) is 44.2 Å². The lowest BCUT2D eigenvalue weighted by molar-refractivity contribution is -0.132. The third kappa shape index (κ3) is 6.65. The van der Waals surface area contributed by atoms with Crippen LogP contribution in [-0.4, -0.2) is 67.4 Å². The number of pyridine rings is 1. The van der Waals surface area contributed by atoms with E-state index in [0.29, 0.717) is 18.1 Å². The maximum Gasteiger partial charge on any atom is 0.251 e. The first-order valence-electron chi connectivity index (χ1n) is 13.2. The number of nitrogens with one attached hydrogen (secondary N) is 4. The number of aromatic nitrogens is 5. The predicted molar refractivity (Wildman–Crippen MR) is 144 cm³/mol. The van der Waals surface area contributed by atoms with Gasteiger partial charge in [-0.15, -0.1) is 10.2 Å². The van der Waals surface area contributed by atoms with Crippen molar-refractivity contribution in [2.75, 3.05) is 4.90 Å². The molecule has 13 nitrogen and oxygen atoms in total. The van der Waals surface area contributed by atoms with Crippen LogP contribution in [-0.2, 0) is 38.6 Å². The Hall–Kier alpha value is -4.68. The van der Waals surface area contributed by atoms with Crippen molar-refractivity contribution in [3.8, 4) is 0 Å². The number of hydrogen-bond acceptors (Lipinski definition) is 8. The third-order valence-electron chi connectivity index (χ3n) is 6.92. The van der Waals surface area contributed by atoms with E-state index in [2.05, 4.69) is 41.6 Å². The van der Waals surface area contributed by atoms with E-state index in [-0.39, 0.29) is 31.2 Å². The molecule has 4 atom stereocenters. The number of rotatable bonds is 11. The minimum absolute atomic E-state index is 0.0309. The van der Waals surface area contributed by atoms with Crippen LogP contribution in [0.25, 0.3) is 0 Å². The maximum absolute atomic E-state index is 13.7. The fourth-order valence-electron chi connectivity index (χ4n) is 4.54. The van der Waals surface area contributed by atoms with E-state index >= 15 is 0 Å². The molecule has 40 heavy (non-hydrogen) atoms. The zero-order valence-electron chi connectivity index (χ0n) is 22.6. The quantitative estimate of drug-likeness (QED) is 0.268. The zero-order valence-corrected chi connectivity index (χ0v) is 22.6. The number of anilines is 1. The van der Waals surface area contributed by atoms with Gasteiger partial charge < -0.3 is 16.0 Å². The van der Waals surface area contributed by atoms with Crippen molar-refractivity contribution in [3.63, 3.8) is 0 Å². The topological polar surface area (TPSA) is 175 Å². The van der Waals surface area contributed by atoms with Crippen LogP contribution in [0.5, 0.6) is 0 Å². The molecule has 0 bridgehead atoms. The van der Waals surface area contributed by atoms with Crippen molar-refractivity contribution in [1.82, 2.24) is 41.6 Å². The van der Waals surface area contributed by atoms with Gasteiger partial charge in [-0.2, -0.15) is 5.21 Å². The van der Waals surface area contributed by atoms with Crippen LogP contribution in [0.4, 0.5) is 5.82 Å². The number of carbonyl (C=O) groups is 4. The molecule has 1 aliphatic heterocycles. The van der Waals surface area contributed by atoms with Gasteiger partial charge in [-0.3, -0.25) is 24.1 Å². The van der Waals surface area contributed by atoms with Crippen molar-refractivity contribution in [1.29, 1.82) is 0 Å². The van der Waals surface area contributed by atoms with E-state index < -0.39 is 35.8 Å². The Bertz CT molecular complexity index is 1330. The summed E-state index contributed by atoms with van der Waals surface area (Å²) in [6, 6.07) is 10.1. The summed E-state index contributed by atoms with van der Waals surface area (Å²) in [6.45, 7) is 5.37. The molecule has 3 unspecified atom stereocenters. The highest BCUT2D eigenvalue weighted by atomic mass is 16.2. The average molecular weight is 548 g/mol. The van der Waals surface area contributed by atoms with Crippen molar-refractivity contribution in [2.45, 2.75) is 64.7 Å². The summed E-state index contributed by atoms with van der Waals surface area (Å²) in [5, 5.41) is 21.7. The number of amides is 4. The molecule has 0 fully saturated rings. The van der Waals surface area contributed by atoms with Crippen LogP contribution in [0.2, 0.25) is 0 Å². The first-order chi connectivity index (χ1) is 19.3. The molecular weight excluding hydrogens is 514 g/mol. The molecule has 210 valence electrons. The van der Waals surface area contributed by atoms with Crippen LogP contribution in [0.1, 0.15) is 44.1 Å². The van der Waals surface area contributed by atoms with Gasteiger partial charge in [0.15, 0.2) is 5.82 Å². The summed E-state index contributed by atoms with van der Waals surface area (Å²) < 4.78 is 0. The number of fused-ring (bicyclic) bond motifs is 1. The lowest BCUT2D eigenvalue weighted by atomic mass is 9.97. The second kappa shape index (κ2) is 12.9. The fraction of sp³-hybridized carbons (Fsp3) is 0.407. The maximum atomic E-state index is 13.7. The number of hydrogen-bond donors (Lipinski definition) is 4. The normalized spacial score (nSPS) is 16.4. The molecule has 1 aromatic carbocycles. The number of carbonyl (C=O) groups excluding carboxylic acids is 4. The molecule has 4 rings (SSSR count). The van der Waals surface area contributed by atoms with Crippen LogP contribution >= 0.6 is 0 Å². The number of tetrazole rings is 1. The molecule has 0 saturated heterocycles. The number of nitrogens with zero attached hydrogens (tertiary/aromatic N) is 5. The van der Waals surface area contributed by atoms with Gasteiger partial charge in [0.05, 0.1) is 13.0 Å². The van der Waals surface area contributed by atoms with E-state index in [4.69, 9.17) is 0 Å². The Morgan fingerprint density at radius 3 is 2.55 bits per heavy atom. The van der Waals surface area contributed by atoms with Gasteiger partial charge in [0, 0.05) is 12.6 Å². The van der Waals surface area contributed by atoms with Crippen LogP contribution < -0.4 is 20.9 Å². The lowest BCUT2D eigenvalue weighted by Gasteiger charge is -2.29. The van der Waals surface area contributed by atoms with E-state index in [9.17, 15) is 19.2 Å². The monoisotopic (exact) mass is 547 g/mol. The molecular formula is C27H33N9O4. The first-order valence-corrected chi connectivity index (χ1v) is 13.2. The molecule has 4 amide bonds. The van der Waals surface area contributed by atoms with Gasteiger partial charge in [-0.25, -0.2) is 4.98 Å².